The Kier molecular flexibility index (Phi) is 3.55. The molecule has 1 atom stereocenters. The molecule has 4 nitrogen and oxygen atoms in total. The molecule has 1 aromatic carbocycles. The minimum absolute atomic E-state index is 0.758. The zero-order valence-electron chi connectivity index (χ0n) is 7.45. The van der Waals surface area contributed by atoms with Crippen LogP contribution in [0.3, 0.4) is 0 Å². The number of benzene rings is 1. The van der Waals surface area contributed by atoms with Crippen LogP contribution < -0.4 is 9.38 Å². The lowest BCUT2D eigenvalue weighted by molar-refractivity contribution is 0.606. The molecule has 1 aromatic rings. The second-order valence-corrected chi connectivity index (χ2v) is 5.94. The average Bonchev–Trinajstić information content (AvgIpc) is 2.23. The fourth-order valence-corrected chi connectivity index (χ4v) is 3.91. The summed E-state index contributed by atoms with van der Waals surface area (Å²) < 4.78 is 13.9. The third kappa shape index (κ3) is 2.56. The molecule has 1 heterocycles. The maximum atomic E-state index is 5.70. The van der Waals surface area contributed by atoms with Gasteiger partial charge in [0.15, 0.2) is 8.52 Å². The van der Waals surface area contributed by atoms with Crippen molar-refractivity contribution in [2.75, 3.05) is 0 Å². The van der Waals surface area contributed by atoms with E-state index in [1.807, 2.05) is 31.2 Å². The molecule has 0 aliphatic carbocycles. The van der Waals surface area contributed by atoms with Gasteiger partial charge in [0.05, 0.1) is 0 Å². The predicted octanol–water partition coefficient (Wildman–Crippen LogP) is 4.29. The Morgan fingerprint density at radius 3 is 3.00 bits per heavy atom. The Labute approximate surface area is 86.9 Å². The first kappa shape index (κ1) is 10.1. The first-order valence-corrected chi connectivity index (χ1v) is 6.82. The molecule has 7 heteroatoms. The van der Waals surface area contributed by atoms with Crippen molar-refractivity contribution in [2.45, 2.75) is 6.92 Å². The van der Waals surface area contributed by atoms with Crippen LogP contribution in [0.1, 0.15) is 5.56 Å². The molecule has 1 aliphatic heterocycles. The third-order valence-electron chi connectivity index (χ3n) is 1.61. The Morgan fingerprint density at radius 2 is 2.29 bits per heavy atom. The lowest BCUT2D eigenvalue weighted by Gasteiger charge is -2.13. The van der Waals surface area contributed by atoms with Crippen LogP contribution in [0.15, 0.2) is 33.3 Å². The zero-order valence-corrected chi connectivity index (χ0v) is 10.1. The Bertz CT molecular complexity index is 382. The first-order valence-electron chi connectivity index (χ1n) is 3.96. The number of aryl methyl sites for hydroxylation is 1. The van der Waals surface area contributed by atoms with Gasteiger partial charge in [-0.15, -0.1) is 0 Å². The van der Waals surface area contributed by atoms with Crippen molar-refractivity contribution in [3.05, 3.63) is 29.8 Å². The highest BCUT2D eigenvalue weighted by atomic mass is 31.2. The fraction of sp³-hybridized carbons (Fsp3) is 0.143. The van der Waals surface area contributed by atoms with E-state index in [1.54, 1.807) is 0 Å². The van der Waals surface area contributed by atoms with Crippen molar-refractivity contribution >= 4 is 25.5 Å². The normalized spacial score (nSPS) is 21.9. The first-order chi connectivity index (χ1) is 6.86. The van der Waals surface area contributed by atoms with Crippen LogP contribution in [0, 0.1) is 6.92 Å². The lowest BCUT2D eigenvalue weighted by Crippen LogP contribution is -1.97. The number of hydrogen-bond donors (Lipinski definition) is 1. The summed E-state index contributed by atoms with van der Waals surface area (Å²) in [6.07, 6.45) is 0. The summed E-state index contributed by atoms with van der Waals surface area (Å²) in [6, 6.07) is 7.93. The molecule has 0 amide bonds. The molecule has 2 rings (SSSR count). The summed E-state index contributed by atoms with van der Waals surface area (Å²) in [7, 11) is 0.703. The molecular formula is C7H8N3OP3. The molecule has 0 spiro atoms. The minimum Gasteiger partial charge on any atom is -0.439 e. The molecule has 0 radical (unpaired) electrons. The van der Waals surface area contributed by atoms with Gasteiger partial charge in [-0.25, -0.2) is 0 Å². The monoisotopic (exact) mass is 243 g/mol. The van der Waals surface area contributed by atoms with Crippen LogP contribution in [0.5, 0.6) is 5.75 Å². The molecule has 0 aromatic heterocycles. The van der Waals surface area contributed by atoms with Gasteiger partial charge in [0.2, 0.25) is 0 Å². The SMILES string of the molecule is Cc1ccccc1OP1N=PN=PN1. The summed E-state index contributed by atoms with van der Waals surface area (Å²) in [4.78, 5) is 3.07. The summed E-state index contributed by atoms with van der Waals surface area (Å²) in [5.74, 6) is 0.891. The van der Waals surface area contributed by atoms with Gasteiger partial charge in [0.1, 0.15) is 14.3 Å². The van der Waals surface area contributed by atoms with Crippen molar-refractivity contribution in [1.82, 2.24) is 4.86 Å². The number of nitrogens with zero attached hydrogens (tertiary/aromatic N) is 2. The van der Waals surface area contributed by atoms with Crippen LogP contribution in [0.4, 0.5) is 0 Å². The third-order valence-corrected chi connectivity index (χ3v) is 4.67. The van der Waals surface area contributed by atoms with Gasteiger partial charge in [-0.05, 0) is 18.6 Å². The molecule has 1 unspecified atom stereocenters. The van der Waals surface area contributed by atoms with Crippen LogP contribution in [0.25, 0.3) is 0 Å². The van der Waals surface area contributed by atoms with Crippen LogP contribution >= 0.6 is 25.5 Å². The van der Waals surface area contributed by atoms with E-state index in [9.17, 15) is 0 Å². The molecule has 0 fully saturated rings. The number of rotatable bonds is 2. The summed E-state index contributed by atoms with van der Waals surface area (Å²) in [5, 5.41) is 0. The highest BCUT2D eigenvalue weighted by Crippen LogP contribution is 2.45. The number of hydrogen-bond acceptors (Lipinski definition) is 4. The van der Waals surface area contributed by atoms with Crippen molar-refractivity contribution in [3.8, 4) is 5.75 Å². The van der Waals surface area contributed by atoms with E-state index in [0.29, 0.717) is 0 Å². The standard InChI is InChI=1S/C7H8N3OP3/c1-6-4-2-3-5-7(6)11-14-9-12-8-13-10-14/h2-5H,1H3,(H,8,9,10). The smallest absolute Gasteiger partial charge is 0.311 e. The van der Waals surface area contributed by atoms with Gasteiger partial charge in [0.25, 0.3) is 0 Å². The van der Waals surface area contributed by atoms with Crippen LogP contribution in [-0.2, 0) is 0 Å². The molecule has 72 valence electrons. The van der Waals surface area contributed by atoms with Gasteiger partial charge >= 0.3 is 8.45 Å². The van der Waals surface area contributed by atoms with Gasteiger partial charge in [-0.2, -0.15) is 13.9 Å². The van der Waals surface area contributed by atoms with Crippen LogP contribution in [-0.4, -0.2) is 0 Å². The largest absolute Gasteiger partial charge is 0.439 e. The average molecular weight is 243 g/mol. The Hall–Kier alpha value is -0.390. The van der Waals surface area contributed by atoms with E-state index < -0.39 is 8.45 Å². The Balaban J connectivity index is 2.07. The molecule has 0 saturated carbocycles. The topological polar surface area (TPSA) is 46.0 Å². The van der Waals surface area contributed by atoms with Crippen molar-refractivity contribution in [2.24, 2.45) is 9.03 Å². The van der Waals surface area contributed by atoms with E-state index in [-0.39, 0.29) is 0 Å². The van der Waals surface area contributed by atoms with E-state index in [1.165, 1.54) is 0 Å². The summed E-state index contributed by atoms with van der Waals surface area (Å²) in [5.41, 5.74) is 1.13. The maximum absolute atomic E-state index is 5.70. The highest BCUT2D eigenvalue weighted by molar-refractivity contribution is 7.64. The van der Waals surface area contributed by atoms with Gasteiger partial charge in [0, 0.05) is 0 Å². The minimum atomic E-state index is -0.908. The van der Waals surface area contributed by atoms with Crippen molar-refractivity contribution in [3.63, 3.8) is 0 Å². The molecule has 0 bridgehead atoms. The number of para-hydroxylation sites is 1. The maximum Gasteiger partial charge on any atom is 0.311 e. The number of nitrogens with one attached hydrogen (secondary N) is 1. The summed E-state index contributed by atoms with van der Waals surface area (Å²) >= 11 is 0. The van der Waals surface area contributed by atoms with E-state index in [4.69, 9.17) is 4.52 Å². The summed E-state index contributed by atoms with van der Waals surface area (Å²) in [6.45, 7) is 2.02. The van der Waals surface area contributed by atoms with Crippen molar-refractivity contribution in [1.29, 1.82) is 0 Å². The molecule has 1 N–H and O–H groups in total. The van der Waals surface area contributed by atoms with Crippen LogP contribution in [0.2, 0.25) is 0 Å². The van der Waals surface area contributed by atoms with Crippen molar-refractivity contribution < 1.29 is 4.52 Å². The van der Waals surface area contributed by atoms with Gasteiger partial charge in [-0.1, -0.05) is 18.2 Å². The zero-order chi connectivity index (χ0) is 9.80. The fourth-order valence-electron chi connectivity index (χ4n) is 0.943. The van der Waals surface area contributed by atoms with E-state index >= 15 is 0 Å². The second kappa shape index (κ2) is 4.91. The second-order valence-electron chi connectivity index (χ2n) is 2.60. The molecule has 0 saturated heterocycles. The van der Waals surface area contributed by atoms with Gasteiger partial charge in [-0.3, -0.25) is 0 Å². The molecular weight excluding hydrogens is 235 g/mol. The lowest BCUT2D eigenvalue weighted by atomic mass is 10.2. The highest BCUT2D eigenvalue weighted by Gasteiger charge is 2.11. The van der Waals surface area contributed by atoms with E-state index in [0.717, 1.165) is 28.4 Å². The molecule has 1 aliphatic rings. The Morgan fingerprint density at radius 1 is 1.43 bits per heavy atom. The molecule has 14 heavy (non-hydrogen) atoms. The van der Waals surface area contributed by atoms with E-state index in [2.05, 4.69) is 13.9 Å². The van der Waals surface area contributed by atoms with Gasteiger partial charge < -0.3 is 4.52 Å². The quantitative estimate of drug-likeness (QED) is 0.787. The predicted molar refractivity (Wildman–Crippen MR) is 60.6 cm³/mol.